The molecule has 1 N–H and O–H groups in total. The highest BCUT2D eigenvalue weighted by Crippen LogP contribution is 2.33. The minimum Gasteiger partial charge on any atom is -0.493 e. The van der Waals surface area contributed by atoms with Crippen LogP contribution in [0.5, 0.6) is 11.5 Å². The number of carbonyl (C=O) groups is 2. The van der Waals surface area contributed by atoms with E-state index in [0.717, 1.165) is 22.0 Å². The van der Waals surface area contributed by atoms with Gasteiger partial charge in [0.15, 0.2) is 11.5 Å². The number of nitrogens with zero attached hydrogens (tertiary/aromatic N) is 2. The summed E-state index contributed by atoms with van der Waals surface area (Å²) in [5.41, 5.74) is 1.16. The minimum absolute atomic E-state index is 0.0175. The zero-order valence-corrected chi connectivity index (χ0v) is 29.9. The van der Waals surface area contributed by atoms with Gasteiger partial charge in [0.1, 0.15) is 18.4 Å². The number of sulfonamides is 1. The molecule has 0 aliphatic heterocycles. The number of anilines is 1. The molecular weight excluding hydrogens is 692 g/mol. The van der Waals surface area contributed by atoms with Gasteiger partial charge in [0.05, 0.1) is 24.8 Å². The standard InChI is InChI=1S/C36H38Cl2FN3O6S/c1-5-24(2)40-36(44)32(20-25-10-7-6-8-11-25)41(22-29-30(37)12-9-13-31(29)38)35(43)23-42(27-16-14-26(39)15-17-27)49(45,46)28-18-19-33(47-3)34(21-28)48-4/h6-19,21,24,32H,5,20,22-23H2,1-4H3,(H,40,44). The van der Waals surface area contributed by atoms with Crippen LogP contribution in [0.4, 0.5) is 10.1 Å². The molecule has 9 nitrogen and oxygen atoms in total. The van der Waals surface area contributed by atoms with Crippen LogP contribution in [0, 0.1) is 5.82 Å². The Balaban J connectivity index is 1.86. The Bertz CT molecular complexity index is 1840. The van der Waals surface area contributed by atoms with Crippen LogP contribution in [0.3, 0.4) is 0 Å². The topological polar surface area (TPSA) is 105 Å². The van der Waals surface area contributed by atoms with Crippen LogP contribution in [0.15, 0.2) is 95.9 Å². The van der Waals surface area contributed by atoms with Gasteiger partial charge in [-0.05, 0) is 67.4 Å². The summed E-state index contributed by atoms with van der Waals surface area (Å²) in [5, 5.41) is 3.50. The summed E-state index contributed by atoms with van der Waals surface area (Å²) in [7, 11) is -1.71. The second-order valence-corrected chi connectivity index (χ2v) is 13.9. The summed E-state index contributed by atoms with van der Waals surface area (Å²) in [4.78, 5) is 29.7. The lowest BCUT2D eigenvalue weighted by Gasteiger charge is -2.34. The van der Waals surface area contributed by atoms with Crippen LogP contribution >= 0.6 is 23.2 Å². The van der Waals surface area contributed by atoms with Crippen molar-refractivity contribution in [3.8, 4) is 11.5 Å². The fourth-order valence-corrected chi connectivity index (χ4v) is 7.04. The van der Waals surface area contributed by atoms with Gasteiger partial charge in [-0.1, -0.05) is 66.5 Å². The molecule has 0 saturated carbocycles. The molecule has 0 aliphatic rings. The van der Waals surface area contributed by atoms with Gasteiger partial charge in [0.25, 0.3) is 10.0 Å². The van der Waals surface area contributed by atoms with Crippen molar-refractivity contribution >= 4 is 50.7 Å². The number of amides is 2. The third kappa shape index (κ3) is 9.23. The maximum atomic E-state index is 14.6. The van der Waals surface area contributed by atoms with Gasteiger partial charge in [-0.15, -0.1) is 0 Å². The van der Waals surface area contributed by atoms with Gasteiger partial charge in [-0.2, -0.15) is 0 Å². The smallest absolute Gasteiger partial charge is 0.264 e. The molecule has 0 saturated heterocycles. The maximum absolute atomic E-state index is 14.6. The molecule has 49 heavy (non-hydrogen) atoms. The number of hydrogen-bond acceptors (Lipinski definition) is 6. The summed E-state index contributed by atoms with van der Waals surface area (Å²) in [5.74, 6) is -1.33. The van der Waals surface area contributed by atoms with Gasteiger partial charge in [-0.3, -0.25) is 13.9 Å². The van der Waals surface area contributed by atoms with Crippen LogP contribution in [0.25, 0.3) is 0 Å². The van der Waals surface area contributed by atoms with Gasteiger partial charge in [-0.25, -0.2) is 12.8 Å². The molecule has 0 bridgehead atoms. The molecule has 4 rings (SSSR count). The molecule has 0 radical (unpaired) electrons. The highest BCUT2D eigenvalue weighted by atomic mass is 35.5. The Hall–Kier alpha value is -4.32. The molecular formula is C36H38Cl2FN3O6S. The van der Waals surface area contributed by atoms with E-state index in [-0.39, 0.29) is 45.4 Å². The van der Waals surface area contributed by atoms with E-state index in [2.05, 4.69) is 5.32 Å². The van der Waals surface area contributed by atoms with Crippen molar-refractivity contribution in [2.24, 2.45) is 0 Å². The molecule has 4 aromatic carbocycles. The quantitative estimate of drug-likeness (QED) is 0.143. The van der Waals surface area contributed by atoms with Crippen molar-refractivity contribution in [2.45, 2.75) is 50.2 Å². The molecule has 0 heterocycles. The second kappa shape index (κ2) is 16.9. The molecule has 0 aromatic heterocycles. The van der Waals surface area contributed by atoms with E-state index in [1.807, 2.05) is 44.2 Å². The monoisotopic (exact) mass is 729 g/mol. The summed E-state index contributed by atoms with van der Waals surface area (Å²) >= 11 is 13.1. The van der Waals surface area contributed by atoms with Crippen LogP contribution in [0.1, 0.15) is 31.4 Å². The van der Waals surface area contributed by atoms with Crippen LogP contribution in [-0.2, 0) is 32.6 Å². The van der Waals surface area contributed by atoms with Crippen LogP contribution < -0.4 is 19.1 Å². The van der Waals surface area contributed by atoms with Crippen molar-refractivity contribution in [1.29, 1.82) is 0 Å². The number of ether oxygens (including phenoxy) is 2. The Morgan fingerprint density at radius 2 is 1.51 bits per heavy atom. The van der Waals surface area contributed by atoms with E-state index in [1.165, 1.54) is 49.5 Å². The number of benzene rings is 4. The molecule has 260 valence electrons. The Kier molecular flexibility index (Phi) is 12.9. The fraction of sp³-hybridized carbons (Fsp3) is 0.278. The maximum Gasteiger partial charge on any atom is 0.264 e. The zero-order valence-electron chi connectivity index (χ0n) is 27.5. The first-order valence-corrected chi connectivity index (χ1v) is 17.7. The molecule has 0 aliphatic carbocycles. The lowest BCUT2D eigenvalue weighted by molar-refractivity contribution is -0.140. The van der Waals surface area contributed by atoms with Crippen molar-refractivity contribution < 1.29 is 31.9 Å². The van der Waals surface area contributed by atoms with Gasteiger partial charge >= 0.3 is 0 Å². The zero-order chi connectivity index (χ0) is 35.7. The van der Waals surface area contributed by atoms with Crippen LogP contribution in [0.2, 0.25) is 10.0 Å². The second-order valence-electron chi connectivity index (χ2n) is 11.3. The number of hydrogen-bond donors (Lipinski definition) is 1. The van der Waals surface area contributed by atoms with Crippen LogP contribution in [-0.4, -0.2) is 58.0 Å². The summed E-state index contributed by atoms with van der Waals surface area (Å²) in [6, 6.07) is 21.4. The Morgan fingerprint density at radius 3 is 2.10 bits per heavy atom. The molecule has 4 aromatic rings. The van der Waals surface area contributed by atoms with E-state index in [1.54, 1.807) is 18.2 Å². The van der Waals surface area contributed by atoms with Crippen molar-refractivity contribution in [1.82, 2.24) is 10.2 Å². The first-order valence-electron chi connectivity index (χ1n) is 15.5. The van der Waals surface area contributed by atoms with E-state index in [4.69, 9.17) is 32.7 Å². The van der Waals surface area contributed by atoms with Crippen molar-refractivity contribution in [2.75, 3.05) is 25.1 Å². The Labute approximate surface area is 296 Å². The number of carbonyl (C=O) groups excluding carboxylic acids is 2. The van der Waals surface area contributed by atoms with Gasteiger partial charge in [0, 0.05) is 40.7 Å². The number of rotatable bonds is 15. The third-order valence-electron chi connectivity index (χ3n) is 8.00. The third-order valence-corrected chi connectivity index (χ3v) is 10.5. The lowest BCUT2D eigenvalue weighted by atomic mass is 10.0. The normalized spacial score (nSPS) is 12.5. The van der Waals surface area contributed by atoms with E-state index in [0.29, 0.717) is 17.7 Å². The summed E-state index contributed by atoms with van der Waals surface area (Å²) < 4.78 is 54.2. The van der Waals surface area contributed by atoms with E-state index in [9.17, 15) is 22.4 Å². The van der Waals surface area contributed by atoms with Gasteiger partial charge < -0.3 is 19.7 Å². The first kappa shape index (κ1) is 37.5. The summed E-state index contributed by atoms with van der Waals surface area (Å²) in [6.45, 7) is 2.80. The lowest BCUT2D eigenvalue weighted by Crippen LogP contribution is -2.54. The molecule has 2 amide bonds. The highest BCUT2D eigenvalue weighted by molar-refractivity contribution is 7.92. The molecule has 2 atom stereocenters. The minimum atomic E-state index is -4.49. The highest BCUT2D eigenvalue weighted by Gasteiger charge is 2.36. The van der Waals surface area contributed by atoms with E-state index < -0.39 is 40.2 Å². The molecule has 2 unspecified atom stereocenters. The molecule has 0 fully saturated rings. The molecule has 13 heteroatoms. The number of nitrogens with one attached hydrogen (secondary N) is 1. The summed E-state index contributed by atoms with van der Waals surface area (Å²) in [6.07, 6.45) is 0.742. The SMILES string of the molecule is CCC(C)NC(=O)C(Cc1ccccc1)N(Cc1c(Cl)cccc1Cl)C(=O)CN(c1ccc(F)cc1)S(=O)(=O)c1ccc(OC)c(OC)c1. The van der Waals surface area contributed by atoms with E-state index >= 15 is 0 Å². The Morgan fingerprint density at radius 1 is 0.878 bits per heavy atom. The predicted molar refractivity (Wildman–Crippen MR) is 189 cm³/mol. The average Bonchev–Trinajstić information content (AvgIpc) is 3.10. The largest absolute Gasteiger partial charge is 0.493 e. The predicted octanol–water partition coefficient (Wildman–Crippen LogP) is 6.90. The van der Waals surface area contributed by atoms with Crippen molar-refractivity contribution in [3.05, 3.63) is 118 Å². The fourth-order valence-electron chi connectivity index (χ4n) is 5.09. The number of halogens is 3. The van der Waals surface area contributed by atoms with Crippen molar-refractivity contribution in [3.63, 3.8) is 0 Å². The average molecular weight is 731 g/mol. The first-order chi connectivity index (χ1) is 23.4. The molecule has 0 spiro atoms. The van der Waals surface area contributed by atoms with Gasteiger partial charge in [0.2, 0.25) is 11.8 Å². The number of methoxy groups -OCH3 is 2.